The van der Waals surface area contributed by atoms with Crippen LogP contribution in [0.25, 0.3) is 0 Å². The molecule has 1 N–H and O–H groups in total. The minimum absolute atomic E-state index is 0.134. The second-order valence-electron chi connectivity index (χ2n) is 5.02. The van der Waals surface area contributed by atoms with E-state index in [1.165, 1.54) is 4.90 Å². The zero-order valence-corrected chi connectivity index (χ0v) is 11.2. The van der Waals surface area contributed by atoms with Crippen LogP contribution < -0.4 is 5.32 Å². The van der Waals surface area contributed by atoms with Gasteiger partial charge in [-0.25, -0.2) is 0 Å². The lowest BCUT2D eigenvalue weighted by Gasteiger charge is -2.38. The summed E-state index contributed by atoms with van der Waals surface area (Å²) in [7, 11) is 0. The van der Waals surface area contributed by atoms with Gasteiger partial charge in [-0.3, -0.25) is 9.80 Å². The van der Waals surface area contributed by atoms with E-state index in [1.54, 1.807) is 6.92 Å². The maximum absolute atomic E-state index is 12.2. The summed E-state index contributed by atoms with van der Waals surface area (Å²) in [6.45, 7) is 1.39. The van der Waals surface area contributed by atoms with Crippen molar-refractivity contribution in [3.63, 3.8) is 0 Å². The Labute approximate surface area is 113 Å². The molecule has 120 valence electrons. The Morgan fingerprint density at radius 3 is 1.95 bits per heavy atom. The number of piperazine rings is 1. The van der Waals surface area contributed by atoms with Crippen LogP contribution in [0.15, 0.2) is 0 Å². The molecule has 9 heteroatoms. The highest BCUT2D eigenvalue weighted by Gasteiger charge is 2.33. The zero-order valence-electron chi connectivity index (χ0n) is 11.2. The number of halogens is 6. The van der Waals surface area contributed by atoms with Crippen molar-refractivity contribution in [1.29, 1.82) is 0 Å². The first kappa shape index (κ1) is 17.5. The Morgan fingerprint density at radius 1 is 0.950 bits per heavy atom. The number of nitrogens with zero attached hydrogens (tertiary/aromatic N) is 2. The topological polar surface area (TPSA) is 18.5 Å². The molecule has 1 heterocycles. The van der Waals surface area contributed by atoms with Crippen molar-refractivity contribution < 1.29 is 26.3 Å². The standard InChI is InChI=1S/C11H19F6N3/c1-9(6-18-7-10(12,13)14)20-4-2-19(3-5-20)8-11(15,16)17/h9,18H,2-8H2,1H3. The predicted molar refractivity (Wildman–Crippen MR) is 62.5 cm³/mol. The van der Waals surface area contributed by atoms with Crippen molar-refractivity contribution in [3.05, 3.63) is 0 Å². The third-order valence-corrected chi connectivity index (χ3v) is 3.20. The minimum Gasteiger partial charge on any atom is -0.307 e. The number of hydrogen-bond acceptors (Lipinski definition) is 3. The van der Waals surface area contributed by atoms with Crippen molar-refractivity contribution in [2.75, 3.05) is 45.8 Å². The lowest BCUT2D eigenvalue weighted by molar-refractivity contribution is -0.149. The lowest BCUT2D eigenvalue weighted by Crippen LogP contribution is -2.53. The van der Waals surface area contributed by atoms with E-state index < -0.39 is 25.4 Å². The Balaban J connectivity index is 2.23. The van der Waals surface area contributed by atoms with Gasteiger partial charge in [-0.2, -0.15) is 26.3 Å². The van der Waals surface area contributed by atoms with Crippen LogP contribution in [0.3, 0.4) is 0 Å². The number of alkyl halides is 6. The summed E-state index contributed by atoms with van der Waals surface area (Å²) in [5.74, 6) is 0. The molecule has 0 saturated carbocycles. The van der Waals surface area contributed by atoms with E-state index in [4.69, 9.17) is 0 Å². The van der Waals surface area contributed by atoms with Crippen molar-refractivity contribution >= 4 is 0 Å². The molecule has 0 aromatic heterocycles. The molecular weight excluding hydrogens is 288 g/mol. The summed E-state index contributed by atoms with van der Waals surface area (Å²) in [6.07, 6.45) is -8.45. The van der Waals surface area contributed by atoms with Gasteiger partial charge in [-0.15, -0.1) is 0 Å². The largest absolute Gasteiger partial charge is 0.401 e. The van der Waals surface area contributed by atoms with Crippen LogP contribution in [-0.2, 0) is 0 Å². The fourth-order valence-electron chi connectivity index (χ4n) is 2.17. The summed E-state index contributed by atoms with van der Waals surface area (Å²) >= 11 is 0. The summed E-state index contributed by atoms with van der Waals surface area (Å²) < 4.78 is 72.5. The highest BCUT2D eigenvalue weighted by Crippen LogP contribution is 2.18. The molecule has 0 aliphatic carbocycles. The van der Waals surface area contributed by atoms with Crippen molar-refractivity contribution in [2.45, 2.75) is 25.3 Å². The molecular formula is C11H19F6N3. The molecule has 1 aliphatic heterocycles. The van der Waals surface area contributed by atoms with Crippen molar-refractivity contribution in [3.8, 4) is 0 Å². The van der Waals surface area contributed by atoms with Gasteiger partial charge in [-0.1, -0.05) is 0 Å². The van der Waals surface area contributed by atoms with Gasteiger partial charge in [-0.05, 0) is 6.92 Å². The summed E-state index contributed by atoms with van der Waals surface area (Å²) in [5, 5.41) is 2.31. The van der Waals surface area contributed by atoms with E-state index in [-0.39, 0.29) is 25.7 Å². The van der Waals surface area contributed by atoms with Gasteiger partial charge in [0.05, 0.1) is 13.1 Å². The first-order valence-corrected chi connectivity index (χ1v) is 6.37. The monoisotopic (exact) mass is 307 g/mol. The second kappa shape index (κ2) is 6.95. The second-order valence-corrected chi connectivity index (χ2v) is 5.02. The molecule has 1 rings (SSSR count). The number of rotatable bonds is 5. The fraction of sp³-hybridized carbons (Fsp3) is 1.00. The summed E-state index contributed by atoms with van der Waals surface area (Å²) in [6, 6.07) is -0.134. The third kappa shape index (κ3) is 7.30. The molecule has 0 amide bonds. The van der Waals surface area contributed by atoms with Crippen molar-refractivity contribution in [1.82, 2.24) is 15.1 Å². The smallest absolute Gasteiger partial charge is 0.307 e. The molecule has 20 heavy (non-hydrogen) atoms. The Bertz CT molecular complexity index is 283. The van der Waals surface area contributed by atoms with Crippen LogP contribution in [0.4, 0.5) is 26.3 Å². The van der Waals surface area contributed by atoms with Gasteiger partial charge in [0.1, 0.15) is 0 Å². The Kier molecular flexibility index (Phi) is 6.08. The molecule has 1 fully saturated rings. The average Bonchev–Trinajstić information content (AvgIpc) is 2.25. The van der Waals surface area contributed by atoms with Gasteiger partial charge < -0.3 is 5.32 Å². The third-order valence-electron chi connectivity index (χ3n) is 3.20. The molecule has 3 nitrogen and oxygen atoms in total. The van der Waals surface area contributed by atoms with Gasteiger partial charge >= 0.3 is 12.4 Å². The molecule has 1 unspecified atom stereocenters. The van der Waals surface area contributed by atoms with E-state index >= 15 is 0 Å². The Morgan fingerprint density at radius 2 is 1.50 bits per heavy atom. The number of hydrogen-bond donors (Lipinski definition) is 1. The number of nitrogens with one attached hydrogen (secondary N) is 1. The lowest BCUT2D eigenvalue weighted by atomic mass is 10.2. The predicted octanol–water partition coefficient (Wildman–Crippen LogP) is 1.71. The Hall–Kier alpha value is -0.540. The van der Waals surface area contributed by atoms with Crippen molar-refractivity contribution in [2.24, 2.45) is 0 Å². The van der Waals surface area contributed by atoms with Gasteiger partial charge in [0.2, 0.25) is 0 Å². The van der Waals surface area contributed by atoms with Crippen LogP contribution in [0.2, 0.25) is 0 Å². The molecule has 0 bridgehead atoms. The van der Waals surface area contributed by atoms with Gasteiger partial charge in [0.25, 0.3) is 0 Å². The summed E-state index contributed by atoms with van der Waals surface area (Å²) in [5.41, 5.74) is 0. The maximum atomic E-state index is 12.2. The van der Waals surface area contributed by atoms with Gasteiger partial charge in [0, 0.05) is 38.8 Å². The first-order chi connectivity index (χ1) is 9.07. The molecule has 0 aromatic carbocycles. The quantitative estimate of drug-likeness (QED) is 0.780. The van der Waals surface area contributed by atoms with Gasteiger partial charge in [0.15, 0.2) is 0 Å². The van der Waals surface area contributed by atoms with E-state index in [1.807, 2.05) is 4.90 Å². The van der Waals surface area contributed by atoms with E-state index in [9.17, 15) is 26.3 Å². The minimum atomic E-state index is -4.24. The normalized spacial score (nSPS) is 21.1. The first-order valence-electron chi connectivity index (χ1n) is 6.37. The van der Waals surface area contributed by atoms with Crippen LogP contribution in [0.5, 0.6) is 0 Å². The molecule has 1 aliphatic rings. The summed E-state index contributed by atoms with van der Waals surface area (Å²) in [4.78, 5) is 3.21. The molecule has 1 atom stereocenters. The van der Waals surface area contributed by atoms with Crippen LogP contribution in [0, 0.1) is 0 Å². The fourth-order valence-corrected chi connectivity index (χ4v) is 2.17. The zero-order chi connectivity index (χ0) is 15.4. The maximum Gasteiger partial charge on any atom is 0.401 e. The molecule has 0 spiro atoms. The highest BCUT2D eigenvalue weighted by molar-refractivity contribution is 4.78. The molecule has 0 radical (unpaired) electrons. The van der Waals surface area contributed by atoms with Crippen LogP contribution in [0.1, 0.15) is 6.92 Å². The van der Waals surface area contributed by atoms with E-state index in [2.05, 4.69) is 5.32 Å². The van der Waals surface area contributed by atoms with Crippen LogP contribution >= 0.6 is 0 Å². The van der Waals surface area contributed by atoms with Crippen LogP contribution in [-0.4, -0.2) is 74.0 Å². The highest BCUT2D eigenvalue weighted by atomic mass is 19.4. The average molecular weight is 307 g/mol. The SMILES string of the molecule is CC(CNCC(F)(F)F)N1CCN(CC(F)(F)F)CC1. The molecule has 0 aromatic rings. The van der Waals surface area contributed by atoms with E-state index in [0.29, 0.717) is 13.1 Å². The van der Waals surface area contributed by atoms with E-state index in [0.717, 1.165) is 0 Å². The molecule has 1 saturated heterocycles.